The van der Waals surface area contributed by atoms with Crippen LogP contribution in [0, 0.1) is 0 Å². The van der Waals surface area contributed by atoms with Crippen molar-refractivity contribution in [3.63, 3.8) is 0 Å². The van der Waals surface area contributed by atoms with E-state index in [2.05, 4.69) is 9.72 Å². The lowest BCUT2D eigenvalue weighted by Crippen LogP contribution is -2.01. The number of ether oxygens (including phenoxy) is 1. The molecule has 4 heteroatoms. The van der Waals surface area contributed by atoms with Crippen molar-refractivity contribution in [1.82, 2.24) is 4.98 Å². The molecule has 3 nitrogen and oxygen atoms in total. The van der Waals surface area contributed by atoms with Gasteiger partial charge in [0.15, 0.2) is 0 Å². The molecule has 1 aromatic carbocycles. The summed E-state index contributed by atoms with van der Waals surface area (Å²) >= 11 is 5.92. The number of carbonyl (C=O) groups excluding carboxylic acids is 1. The molecule has 0 amide bonds. The lowest BCUT2D eigenvalue weighted by molar-refractivity contribution is 0.0601. The Bertz CT molecular complexity index is 490. The molecule has 0 fully saturated rings. The van der Waals surface area contributed by atoms with Crippen molar-refractivity contribution in [2.45, 2.75) is 0 Å². The molecule has 14 heavy (non-hydrogen) atoms. The second kappa shape index (κ2) is 3.35. The summed E-state index contributed by atoms with van der Waals surface area (Å²) in [6.07, 6.45) is 1.79. The Balaban J connectivity index is 2.64. The minimum Gasteiger partial charge on any atom is -0.465 e. The lowest BCUT2D eigenvalue weighted by Gasteiger charge is -2.01. The van der Waals surface area contributed by atoms with E-state index in [4.69, 9.17) is 11.6 Å². The van der Waals surface area contributed by atoms with Crippen LogP contribution in [0.5, 0.6) is 0 Å². The average Bonchev–Trinajstić information content (AvgIpc) is 2.62. The Morgan fingerprint density at radius 2 is 2.29 bits per heavy atom. The standard InChI is InChI=1S/C10H8ClNO2/c1-14-10(13)7-5-9-6(2-3-12-9)4-8(7)11/h2-5,12H,1H3. The average molecular weight is 210 g/mol. The molecule has 0 radical (unpaired) electrons. The van der Waals surface area contributed by atoms with Gasteiger partial charge in [0.25, 0.3) is 0 Å². The Morgan fingerprint density at radius 3 is 3.00 bits per heavy atom. The summed E-state index contributed by atoms with van der Waals surface area (Å²) in [4.78, 5) is 14.3. The van der Waals surface area contributed by atoms with Gasteiger partial charge in [-0.15, -0.1) is 0 Å². The molecule has 0 aliphatic heterocycles. The summed E-state index contributed by atoms with van der Waals surface area (Å²) in [6.45, 7) is 0. The highest BCUT2D eigenvalue weighted by Gasteiger charge is 2.11. The number of rotatable bonds is 1. The summed E-state index contributed by atoms with van der Waals surface area (Å²) in [5.41, 5.74) is 1.25. The highest BCUT2D eigenvalue weighted by molar-refractivity contribution is 6.34. The maximum Gasteiger partial charge on any atom is 0.339 e. The summed E-state index contributed by atoms with van der Waals surface area (Å²) < 4.78 is 4.61. The van der Waals surface area contributed by atoms with Gasteiger partial charge in [0.1, 0.15) is 0 Å². The van der Waals surface area contributed by atoms with E-state index < -0.39 is 5.97 Å². The van der Waals surface area contributed by atoms with Gasteiger partial charge in [-0.3, -0.25) is 0 Å². The summed E-state index contributed by atoms with van der Waals surface area (Å²) in [6, 6.07) is 5.31. The van der Waals surface area contributed by atoms with Gasteiger partial charge in [0.05, 0.1) is 17.7 Å². The van der Waals surface area contributed by atoms with Crippen molar-refractivity contribution in [2.24, 2.45) is 0 Å². The first kappa shape index (κ1) is 9.09. The molecular formula is C10H8ClNO2. The molecule has 1 aromatic heterocycles. The normalized spacial score (nSPS) is 10.4. The third-order valence-electron chi connectivity index (χ3n) is 2.05. The van der Waals surface area contributed by atoms with Crippen molar-refractivity contribution in [2.75, 3.05) is 7.11 Å². The van der Waals surface area contributed by atoms with Crippen LogP contribution in [0.2, 0.25) is 5.02 Å². The largest absolute Gasteiger partial charge is 0.465 e. The summed E-state index contributed by atoms with van der Waals surface area (Å²) in [5, 5.41) is 1.38. The molecule has 0 atom stereocenters. The Hall–Kier alpha value is -1.48. The van der Waals surface area contributed by atoms with E-state index in [0.717, 1.165) is 10.9 Å². The third kappa shape index (κ3) is 1.36. The van der Waals surface area contributed by atoms with Gasteiger partial charge in [-0.05, 0) is 18.2 Å². The molecule has 0 aliphatic rings. The van der Waals surface area contributed by atoms with Crippen LogP contribution in [0.15, 0.2) is 24.4 Å². The predicted molar refractivity (Wildman–Crippen MR) is 54.6 cm³/mol. The highest BCUT2D eigenvalue weighted by Crippen LogP contribution is 2.23. The lowest BCUT2D eigenvalue weighted by atomic mass is 10.1. The van der Waals surface area contributed by atoms with Crippen molar-refractivity contribution in [3.05, 3.63) is 35.0 Å². The zero-order chi connectivity index (χ0) is 10.1. The minimum absolute atomic E-state index is 0.379. The number of hydrogen-bond acceptors (Lipinski definition) is 2. The van der Waals surface area contributed by atoms with Gasteiger partial charge >= 0.3 is 5.97 Å². The van der Waals surface area contributed by atoms with Gasteiger partial charge < -0.3 is 9.72 Å². The number of halogens is 1. The molecule has 0 unspecified atom stereocenters. The molecule has 2 rings (SSSR count). The Labute approximate surface area is 85.6 Å². The zero-order valence-electron chi connectivity index (χ0n) is 7.50. The monoisotopic (exact) mass is 209 g/mol. The van der Waals surface area contributed by atoms with Crippen LogP contribution in [-0.4, -0.2) is 18.1 Å². The van der Waals surface area contributed by atoms with E-state index in [1.807, 2.05) is 6.07 Å². The molecule has 1 heterocycles. The molecule has 0 aliphatic carbocycles. The first-order chi connectivity index (χ1) is 6.72. The number of H-pyrrole nitrogens is 1. The highest BCUT2D eigenvalue weighted by atomic mass is 35.5. The van der Waals surface area contributed by atoms with Crippen LogP contribution in [0.4, 0.5) is 0 Å². The second-order valence-electron chi connectivity index (χ2n) is 2.89. The van der Waals surface area contributed by atoms with Crippen LogP contribution < -0.4 is 0 Å². The molecule has 0 saturated carbocycles. The van der Waals surface area contributed by atoms with Crippen molar-refractivity contribution < 1.29 is 9.53 Å². The van der Waals surface area contributed by atoms with Gasteiger partial charge in [-0.1, -0.05) is 11.6 Å². The predicted octanol–water partition coefficient (Wildman–Crippen LogP) is 2.61. The maximum atomic E-state index is 11.3. The van der Waals surface area contributed by atoms with Gasteiger partial charge in [-0.25, -0.2) is 4.79 Å². The van der Waals surface area contributed by atoms with E-state index in [-0.39, 0.29) is 0 Å². The number of esters is 1. The molecule has 72 valence electrons. The third-order valence-corrected chi connectivity index (χ3v) is 2.36. The van der Waals surface area contributed by atoms with E-state index in [1.54, 1.807) is 18.3 Å². The number of carbonyl (C=O) groups is 1. The second-order valence-corrected chi connectivity index (χ2v) is 3.30. The molecule has 0 saturated heterocycles. The van der Waals surface area contributed by atoms with E-state index >= 15 is 0 Å². The van der Waals surface area contributed by atoms with Crippen LogP contribution >= 0.6 is 11.6 Å². The fraction of sp³-hybridized carbons (Fsp3) is 0.100. The van der Waals surface area contributed by atoms with E-state index in [9.17, 15) is 4.79 Å². The first-order valence-corrected chi connectivity index (χ1v) is 4.45. The van der Waals surface area contributed by atoms with Crippen molar-refractivity contribution in [3.8, 4) is 0 Å². The summed E-state index contributed by atoms with van der Waals surface area (Å²) in [7, 11) is 1.33. The topological polar surface area (TPSA) is 42.1 Å². The van der Waals surface area contributed by atoms with E-state index in [0.29, 0.717) is 10.6 Å². The number of aromatic amines is 1. The number of methoxy groups -OCH3 is 1. The van der Waals surface area contributed by atoms with E-state index in [1.165, 1.54) is 7.11 Å². The maximum absolute atomic E-state index is 11.3. The molecule has 1 N–H and O–H groups in total. The number of aromatic nitrogens is 1. The molecule has 2 aromatic rings. The number of fused-ring (bicyclic) bond motifs is 1. The van der Waals surface area contributed by atoms with Gasteiger partial charge in [0.2, 0.25) is 0 Å². The fourth-order valence-corrected chi connectivity index (χ4v) is 1.59. The molecular weight excluding hydrogens is 202 g/mol. The number of benzene rings is 1. The van der Waals surface area contributed by atoms with Gasteiger partial charge in [-0.2, -0.15) is 0 Å². The molecule has 0 bridgehead atoms. The van der Waals surface area contributed by atoms with Crippen molar-refractivity contribution in [1.29, 1.82) is 0 Å². The van der Waals surface area contributed by atoms with Crippen LogP contribution in [-0.2, 0) is 4.74 Å². The summed E-state index contributed by atoms with van der Waals surface area (Å²) in [5.74, 6) is -0.425. The smallest absolute Gasteiger partial charge is 0.339 e. The van der Waals surface area contributed by atoms with Gasteiger partial charge in [0, 0.05) is 17.1 Å². The first-order valence-electron chi connectivity index (χ1n) is 4.07. The fourth-order valence-electron chi connectivity index (χ4n) is 1.34. The quantitative estimate of drug-likeness (QED) is 0.734. The Kier molecular flexibility index (Phi) is 2.17. The molecule has 0 spiro atoms. The number of hydrogen-bond donors (Lipinski definition) is 1. The van der Waals surface area contributed by atoms with Crippen LogP contribution in [0.1, 0.15) is 10.4 Å². The SMILES string of the molecule is COC(=O)c1cc2[nH]ccc2cc1Cl. The van der Waals surface area contributed by atoms with Crippen molar-refractivity contribution >= 4 is 28.5 Å². The zero-order valence-corrected chi connectivity index (χ0v) is 8.26. The number of nitrogens with one attached hydrogen (secondary N) is 1. The Morgan fingerprint density at radius 1 is 1.50 bits per heavy atom. The minimum atomic E-state index is -0.425. The van der Waals surface area contributed by atoms with Crippen LogP contribution in [0.25, 0.3) is 10.9 Å². The van der Waals surface area contributed by atoms with Crippen LogP contribution in [0.3, 0.4) is 0 Å².